The van der Waals surface area contributed by atoms with E-state index in [0.717, 1.165) is 70.6 Å². The van der Waals surface area contributed by atoms with Crippen molar-refractivity contribution >= 4 is 34.6 Å². The van der Waals surface area contributed by atoms with Crippen molar-refractivity contribution in [2.75, 3.05) is 82.2 Å². The van der Waals surface area contributed by atoms with Crippen LogP contribution in [0.1, 0.15) is 36.2 Å². The quantitative estimate of drug-likeness (QED) is 0.296. The monoisotopic (exact) mass is 625 g/mol. The summed E-state index contributed by atoms with van der Waals surface area (Å²) < 4.78 is 11.2. The van der Waals surface area contributed by atoms with Crippen LogP contribution in [0, 0.1) is 6.57 Å². The minimum Gasteiger partial charge on any atom is -0.497 e. The first kappa shape index (κ1) is 31.5. The van der Waals surface area contributed by atoms with Gasteiger partial charge in [-0.1, -0.05) is 12.1 Å². The van der Waals surface area contributed by atoms with Gasteiger partial charge in [-0.15, -0.1) is 0 Å². The van der Waals surface area contributed by atoms with E-state index in [-0.39, 0.29) is 17.6 Å². The van der Waals surface area contributed by atoms with Gasteiger partial charge in [0.1, 0.15) is 11.4 Å². The summed E-state index contributed by atoms with van der Waals surface area (Å²) in [7, 11) is 3.74. The number of amides is 1. The normalized spacial score (nSPS) is 18.6. The number of carbonyl (C=O) groups is 1. The van der Waals surface area contributed by atoms with Crippen molar-refractivity contribution in [2.45, 2.75) is 37.8 Å². The van der Waals surface area contributed by atoms with Crippen LogP contribution in [0.5, 0.6) is 5.75 Å². The van der Waals surface area contributed by atoms with E-state index in [1.165, 1.54) is 12.8 Å². The van der Waals surface area contributed by atoms with Crippen molar-refractivity contribution in [3.05, 3.63) is 59.6 Å². The highest BCUT2D eigenvalue weighted by Gasteiger charge is 2.28. The zero-order valence-corrected chi connectivity index (χ0v) is 26.7. The summed E-state index contributed by atoms with van der Waals surface area (Å²) in [4.78, 5) is 33.6. The Balaban J connectivity index is 1.25. The molecule has 6 rings (SSSR count). The number of likely N-dealkylation sites (N-methyl/N-ethyl adjacent to an activating group) is 1. The molecule has 46 heavy (non-hydrogen) atoms. The summed E-state index contributed by atoms with van der Waals surface area (Å²) in [5.74, 6) is 0.407. The summed E-state index contributed by atoms with van der Waals surface area (Å²) in [5.41, 5.74) is 8.90. The summed E-state index contributed by atoms with van der Waals surface area (Å²) in [6, 6.07) is 14.1. The SMILES string of the molecule is [C-]#[N+]c1cccc(OC)c1-c1nc(C(N)=O)c(Nc2ccc(N3CCC(N4CCN(C)CC4)CC3)cc2)nc1NC1CCOCC1. The number of piperidine rings is 1. The van der Waals surface area contributed by atoms with Crippen molar-refractivity contribution in [2.24, 2.45) is 5.73 Å². The highest BCUT2D eigenvalue weighted by molar-refractivity contribution is 5.99. The van der Waals surface area contributed by atoms with Crippen molar-refractivity contribution in [1.82, 2.24) is 19.8 Å². The fraction of sp³-hybridized carbons (Fsp3) is 0.471. The van der Waals surface area contributed by atoms with Crippen LogP contribution >= 0.6 is 0 Å². The Morgan fingerprint density at radius 2 is 1.70 bits per heavy atom. The molecule has 12 heteroatoms. The molecule has 3 saturated heterocycles. The van der Waals surface area contributed by atoms with Crippen molar-refractivity contribution < 1.29 is 14.3 Å². The Morgan fingerprint density at radius 3 is 2.35 bits per heavy atom. The summed E-state index contributed by atoms with van der Waals surface area (Å²) in [6.07, 6.45) is 3.91. The van der Waals surface area contributed by atoms with Crippen LogP contribution in [0.3, 0.4) is 0 Å². The number of ether oxygens (including phenoxy) is 2. The van der Waals surface area contributed by atoms with Crippen molar-refractivity contribution in [3.8, 4) is 17.0 Å². The number of carbonyl (C=O) groups excluding carboxylic acids is 1. The third-order valence-corrected chi connectivity index (χ3v) is 9.29. The van der Waals surface area contributed by atoms with E-state index < -0.39 is 5.91 Å². The Labute approximate surface area is 270 Å². The van der Waals surface area contributed by atoms with E-state index in [1.807, 2.05) is 12.1 Å². The minimum atomic E-state index is -0.729. The number of methoxy groups -OCH3 is 1. The molecule has 0 unspecified atom stereocenters. The highest BCUT2D eigenvalue weighted by Crippen LogP contribution is 2.42. The van der Waals surface area contributed by atoms with Crippen LogP contribution < -0.4 is 26.0 Å². The summed E-state index contributed by atoms with van der Waals surface area (Å²) in [6.45, 7) is 15.7. The molecule has 0 bridgehead atoms. The van der Waals surface area contributed by atoms with Crippen molar-refractivity contribution in [1.29, 1.82) is 0 Å². The summed E-state index contributed by atoms with van der Waals surface area (Å²) in [5, 5.41) is 6.80. The number of hydrogen-bond acceptors (Lipinski definition) is 10. The van der Waals surface area contributed by atoms with Gasteiger partial charge in [0.15, 0.2) is 23.0 Å². The van der Waals surface area contributed by atoms with Gasteiger partial charge in [-0.05, 0) is 63.1 Å². The zero-order chi connectivity index (χ0) is 32.0. The Hall–Kier alpha value is -4.44. The molecule has 3 fully saturated rings. The maximum Gasteiger partial charge on any atom is 0.271 e. The molecular weight excluding hydrogens is 582 g/mol. The molecule has 242 valence electrons. The molecule has 4 heterocycles. The van der Waals surface area contributed by atoms with Gasteiger partial charge in [0.25, 0.3) is 5.91 Å². The van der Waals surface area contributed by atoms with Crippen LogP contribution in [0.2, 0.25) is 0 Å². The van der Waals surface area contributed by atoms with E-state index in [4.69, 9.17) is 31.7 Å². The fourth-order valence-electron chi connectivity index (χ4n) is 6.59. The number of nitrogens with zero attached hydrogens (tertiary/aromatic N) is 6. The van der Waals surface area contributed by atoms with Crippen LogP contribution in [0.4, 0.5) is 28.7 Å². The molecule has 4 N–H and O–H groups in total. The van der Waals surface area contributed by atoms with Gasteiger partial charge in [-0.25, -0.2) is 14.8 Å². The van der Waals surface area contributed by atoms with Crippen LogP contribution in [-0.4, -0.2) is 104 Å². The number of rotatable bonds is 9. The van der Waals surface area contributed by atoms with Gasteiger partial charge in [0.2, 0.25) is 0 Å². The van der Waals surface area contributed by atoms with Crippen LogP contribution in [-0.2, 0) is 4.74 Å². The van der Waals surface area contributed by atoms with Gasteiger partial charge >= 0.3 is 0 Å². The molecule has 1 aromatic heterocycles. The first-order chi connectivity index (χ1) is 22.4. The topological polar surface area (TPSA) is 125 Å². The lowest BCUT2D eigenvalue weighted by Gasteiger charge is -2.42. The predicted molar refractivity (Wildman–Crippen MR) is 180 cm³/mol. The molecule has 2 aromatic carbocycles. The lowest BCUT2D eigenvalue weighted by atomic mass is 10.0. The Bertz CT molecular complexity index is 1550. The molecule has 0 spiro atoms. The highest BCUT2D eigenvalue weighted by atomic mass is 16.5. The molecule has 12 nitrogen and oxygen atoms in total. The molecule has 0 radical (unpaired) electrons. The standard InChI is InChI=1S/C34H43N9O3/c1-36-27-5-4-6-28(45-3)29(27)30-33(38-24-13-21-46-22-14-24)40-34(31(39-30)32(35)44)37-23-7-9-25(10-8-23)42-15-11-26(12-16-42)43-19-17-41(2)18-20-43/h4-10,24,26H,11-22H2,2-3H3,(H2,35,44)(H2,37,38,40). The first-order valence-corrected chi connectivity index (χ1v) is 16.1. The van der Waals surface area contributed by atoms with Gasteiger partial charge in [-0.2, -0.15) is 0 Å². The number of nitrogens with two attached hydrogens (primary N) is 1. The third kappa shape index (κ3) is 7.02. The molecule has 3 aliphatic heterocycles. The predicted octanol–water partition coefficient (Wildman–Crippen LogP) is 4.35. The Morgan fingerprint density at radius 1 is 0.978 bits per heavy atom. The number of piperazine rings is 1. The fourth-order valence-corrected chi connectivity index (χ4v) is 6.59. The lowest BCUT2D eigenvalue weighted by molar-refractivity contribution is 0.0904. The van der Waals surface area contributed by atoms with Gasteiger partial charge in [0.05, 0.1) is 19.2 Å². The van der Waals surface area contributed by atoms with Gasteiger partial charge in [-0.3, -0.25) is 9.69 Å². The average Bonchev–Trinajstić information content (AvgIpc) is 3.09. The number of nitrogens with one attached hydrogen (secondary N) is 2. The number of primary amides is 1. The lowest BCUT2D eigenvalue weighted by Crippen LogP contribution is -2.52. The summed E-state index contributed by atoms with van der Waals surface area (Å²) >= 11 is 0. The Kier molecular flexibility index (Phi) is 9.82. The number of aromatic nitrogens is 2. The van der Waals surface area contributed by atoms with E-state index in [0.29, 0.717) is 47.8 Å². The van der Waals surface area contributed by atoms with Crippen LogP contribution in [0.25, 0.3) is 16.1 Å². The number of anilines is 4. The van der Waals surface area contributed by atoms with Gasteiger partial charge < -0.3 is 35.6 Å². The number of hydrogen-bond donors (Lipinski definition) is 3. The molecular formula is C34H43N9O3. The minimum absolute atomic E-state index is 0.0237. The second-order valence-corrected chi connectivity index (χ2v) is 12.2. The smallest absolute Gasteiger partial charge is 0.271 e. The molecule has 0 saturated carbocycles. The van der Waals surface area contributed by atoms with E-state index >= 15 is 0 Å². The van der Waals surface area contributed by atoms with E-state index in [1.54, 1.807) is 18.2 Å². The second kappa shape index (κ2) is 14.3. The van der Waals surface area contributed by atoms with Crippen LogP contribution in [0.15, 0.2) is 42.5 Å². The van der Waals surface area contributed by atoms with Crippen molar-refractivity contribution in [3.63, 3.8) is 0 Å². The molecule has 0 atom stereocenters. The molecule has 3 aromatic rings. The largest absolute Gasteiger partial charge is 0.497 e. The number of benzene rings is 2. The van der Waals surface area contributed by atoms with Gasteiger partial charge in [0, 0.05) is 75.9 Å². The van der Waals surface area contributed by atoms with E-state index in [2.05, 4.69) is 49.4 Å². The second-order valence-electron chi connectivity index (χ2n) is 12.2. The molecule has 0 aliphatic carbocycles. The first-order valence-electron chi connectivity index (χ1n) is 16.1. The molecule has 1 amide bonds. The maximum absolute atomic E-state index is 12.8. The maximum atomic E-state index is 12.8. The van der Waals surface area contributed by atoms with E-state index in [9.17, 15) is 4.79 Å². The third-order valence-electron chi connectivity index (χ3n) is 9.29. The average molecular weight is 626 g/mol. The molecule has 3 aliphatic rings. The zero-order valence-electron chi connectivity index (χ0n) is 26.7.